The van der Waals surface area contributed by atoms with Gasteiger partial charge in [0.25, 0.3) is 0 Å². The summed E-state index contributed by atoms with van der Waals surface area (Å²) in [5.41, 5.74) is 5.00. The number of allylic oxidation sites excluding steroid dienone is 2. The second-order valence-corrected chi connectivity index (χ2v) is 8.05. The van der Waals surface area contributed by atoms with E-state index in [4.69, 9.17) is 14.5 Å². The molecule has 2 heterocycles. The van der Waals surface area contributed by atoms with Crippen molar-refractivity contribution < 1.29 is 23.5 Å². The number of pyridine rings is 1. The quantitative estimate of drug-likeness (QED) is 0.301. The fourth-order valence-electron chi connectivity index (χ4n) is 3.71. The molecule has 164 valence electrons. The summed E-state index contributed by atoms with van der Waals surface area (Å²) in [7, 11) is 3.41. The Morgan fingerprint density at radius 3 is 2.74 bits per heavy atom. The average Bonchev–Trinajstić information content (AvgIpc) is 3.06. The molecule has 2 aromatic rings. The number of aromatic nitrogens is 1. The molecule has 0 spiro atoms. The van der Waals surface area contributed by atoms with Gasteiger partial charge in [-0.05, 0) is 30.2 Å². The number of benzene rings is 1. The number of halogens is 2. The molecule has 1 aliphatic rings. The Morgan fingerprint density at radius 1 is 1.32 bits per heavy atom. The third kappa shape index (κ3) is 4.70. The first-order valence-electron chi connectivity index (χ1n) is 9.79. The van der Waals surface area contributed by atoms with Crippen molar-refractivity contribution in [1.82, 2.24) is 9.88 Å². The van der Waals surface area contributed by atoms with E-state index in [-0.39, 0.29) is 18.8 Å². The molecule has 0 bridgehead atoms. The number of rotatable bonds is 9. The van der Waals surface area contributed by atoms with Gasteiger partial charge in [0, 0.05) is 55.0 Å². The standard InChI is InChI=1S/C23H24BrFN2O4/c1-14-17-9-22(31-7-5-24)19(25)10-20(17)26-23-18(14)11-27(2)21(23)8-15(4-6-28)16(12-29)13-30-3/h6,8-10,12H,4-5,7,11,13H2,1-3H3/b16-15+,21-8-. The molecule has 0 N–H and O–H groups in total. The molecule has 0 saturated heterocycles. The molecule has 1 aliphatic heterocycles. The lowest BCUT2D eigenvalue weighted by Crippen LogP contribution is -2.09. The number of methoxy groups -OCH3 is 1. The van der Waals surface area contributed by atoms with Crippen molar-refractivity contribution >= 4 is 45.1 Å². The summed E-state index contributed by atoms with van der Waals surface area (Å²) in [6.45, 7) is 3.07. The molecule has 0 aliphatic carbocycles. The van der Waals surface area contributed by atoms with Gasteiger partial charge in [0.2, 0.25) is 0 Å². The van der Waals surface area contributed by atoms with Crippen LogP contribution >= 0.6 is 15.9 Å². The monoisotopic (exact) mass is 490 g/mol. The molecule has 0 amide bonds. The van der Waals surface area contributed by atoms with E-state index in [1.165, 1.54) is 13.2 Å². The van der Waals surface area contributed by atoms with E-state index in [1.54, 1.807) is 12.1 Å². The molecule has 0 unspecified atom stereocenters. The maximum Gasteiger partial charge on any atom is 0.167 e. The van der Waals surface area contributed by atoms with E-state index in [1.807, 2.05) is 18.9 Å². The van der Waals surface area contributed by atoms with E-state index in [9.17, 15) is 14.0 Å². The fourth-order valence-corrected chi connectivity index (χ4v) is 3.87. The number of alkyl halides is 1. The first-order valence-corrected chi connectivity index (χ1v) is 10.9. The SMILES string of the molecule is COC/C(C=O)=C(/C=C1/c2nc3cc(F)c(OCCBr)cc3c(C)c2CN1C)CC=O. The summed E-state index contributed by atoms with van der Waals surface area (Å²) in [5, 5.41) is 1.43. The maximum absolute atomic E-state index is 14.5. The molecule has 1 aromatic heterocycles. The number of hydrogen-bond donors (Lipinski definition) is 0. The van der Waals surface area contributed by atoms with Gasteiger partial charge >= 0.3 is 0 Å². The number of ether oxygens (including phenoxy) is 2. The number of fused-ring (bicyclic) bond motifs is 2. The predicted molar refractivity (Wildman–Crippen MR) is 121 cm³/mol. The van der Waals surface area contributed by atoms with Crippen LogP contribution in [-0.4, -0.2) is 55.2 Å². The fraction of sp³-hybridized carbons (Fsp3) is 0.348. The summed E-state index contributed by atoms with van der Waals surface area (Å²) >= 11 is 3.28. The molecule has 31 heavy (non-hydrogen) atoms. The minimum Gasteiger partial charge on any atom is -0.490 e. The first-order chi connectivity index (χ1) is 14.9. The van der Waals surface area contributed by atoms with Crippen LogP contribution in [-0.2, 0) is 20.9 Å². The summed E-state index contributed by atoms with van der Waals surface area (Å²) < 4.78 is 25.1. The van der Waals surface area contributed by atoms with Crippen molar-refractivity contribution in [3.8, 4) is 5.75 Å². The number of carbonyl (C=O) groups is 2. The number of aryl methyl sites for hydroxylation is 1. The lowest BCUT2D eigenvalue weighted by Gasteiger charge is -2.14. The van der Waals surface area contributed by atoms with E-state index in [0.29, 0.717) is 47.1 Å². The maximum atomic E-state index is 14.5. The minimum absolute atomic E-state index is 0.0829. The van der Waals surface area contributed by atoms with Crippen molar-refractivity contribution in [2.45, 2.75) is 19.9 Å². The van der Waals surface area contributed by atoms with Gasteiger partial charge in [0.1, 0.15) is 12.6 Å². The van der Waals surface area contributed by atoms with Gasteiger partial charge in [0.15, 0.2) is 11.6 Å². The Kier molecular flexibility index (Phi) is 7.56. The molecule has 1 aromatic carbocycles. The zero-order valence-corrected chi connectivity index (χ0v) is 19.3. The highest BCUT2D eigenvalue weighted by atomic mass is 79.9. The minimum atomic E-state index is -0.470. The lowest BCUT2D eigenvalue weighted by atomic mass is 10.0. The summed E-state index contributed by atoms with van der Waals surface area (Å²) in [6.07, 6.45) is 3.34. The number of carbonyl (C=O) groups excluding carboxylic acids is 2. The van der Waals surface area contributed by atoms with Gasteiger partial charge in [-0.25, -0.2) is 9.37 Å². The molecule has 0 atom stereocenters. The Morgan fingerprint density at radius 2 is 2.10 bits per heavy atom. The second kappa shape index (κ2) is 10.2. The van der Waals surface area contributed by atoms with Gasteiger partial charge in [-0.1, -0.05) is 15.9 Å². The van der Waals surface area contributed by atoms with Crippen LogP contribution in [0, 0.1) is 12.7 Å². The summed E-state index contributed by atoms with van der Waals surface area (Å²) in [6, 6.07) is 3.07. The summed E-state index contributed by atoms with van der Waals surface area (Å²) in [4.78, 5) is 29.5. The molecular weight excluding hydrogens is 467 g/mol. The molecular formula is C23H24BrFN2O4. The molecule has 6 nitrogen and oxygen atoms in total. The number of hydrogen-bond acceptors (Lipinski definition) is 6. The summed E-state index contributed by atoms with van der Waals surface area (Å²) in [5.74, 6) is -0.271. The average molecular weight is 491 g/mol. The van der Waals surface area contributed by atoms with Crippen LogP contribution in [0.15, 0.2) is 29.4 Å². The van der Waals surface area contributed by atoms with E-state index < -0.39 is 5.82 Å². The largest absolute Gasteiger partial charge is 0.490 e. The highest BCUT2D eigenvalue weighted by Gasteiger charge is 2.27. The third-order valence-electron chi connectivity index (χ3n) is 5.28. The van der Waals surface area contributed by atoms with Crippen LogP contribution in [0.2, 0.25) is 0 Å². The predicted octanol–water partition coefficient (Wildman–Crippen LogP) is 3.97. The second-order valence-electron chi connectivity index (χ2n) is 7.26. The number of aldehydes is 2. The Balaban J connectivity index is 2.17. The molecule has 0 fully saturated rings. The van der Waals surface area contributed by atoms with Crippen molar-refractivity contribution in [1.29, 1.82) is 0 Å². The third-order valence-corrected chi connectivity index (χ3v) is 5.60. The van der Waals surface area contributed by atoms with Gasteiger partial charge in [-0.3, -0.25) is 4.79 Å². The van der Waals surface area contributed by atoms with E-state index in [2.05, 4.69) is 15.9 Å². The topological polar surface area (TPSA) is 68.7 Å². The van der Waals surface area contributed by atoms with Crippen molar-refractivity contribution in [3.63, 3.8) is 0 Å². The van der Waals surface area contributed by atoms with E-state index >= 15 is 0 Å². The van der Waals surface area contributed by atoms with E-state index in [0.717, 1.165) is 28.5 Å². The smallest absolute Gasteiger partial charge is 0.167 e. The molecule has 0 radical (unpaired) electrons. The zero-order chi connectivity index (χ0) is 22.5. The zero-order valence-electron chi connectivity index (χ0n) is 17.7. The van der Waals surface area contributed by atoms with Crippen LogP contribution in [0.1, 0.15) is 23.2 Å². The van der Waals surface area contributed by atoms with Crippen LogP contribution < -0.4 is 4.74 Å². The first kappa shape index (κ1) is 23.1. The Bertz CT molecular complexity index is 1080. The van der Waals surface area contributed by atoms with Crippen LogP contribution in [0.4, 0.5) is 4.39 Å². The van der Waals surface area contributed by atoms with Crippen molar-refractivity contribution in [3.05, 3.63) is 52.0 Å². The van der Waals surface area contributed by atoms with Crippen LogP contribution in [0.3, 0.4) is 0 Å². The number of nitrogens with zero attached hydrogens (tertiary/aromatic N) is 2. The Hall–Kier alpha value is -2.58. The van der Waals surface area contributed by atoms with Gasteiger partial charge in [-0.15, -0.1) is 0 Å². The molecule has 0 saturated carbocycles. The lowest BCUT2D eigenvalue weighted by molar-refractivity contribution is -0.107. The van der Waals surface area contributed by atoms with Crippen molar-refractivity contribution in [2.24, 2.45) is 0 Å². The Labute approximate surface area is 188 Å². The molecule has 3 rings (SSSR count). The molecule has 8 heteroatoms. The van der Waals surface area contributed by atoms with Gasteiger partial charge in [-0.2, -0.15) is 0 Å². The van der Waals surface area contributed by atoms with Crippen LogP contribution in [0.25, 0.3) is 16.6 Å². The normalized spacial score (nSPS) is 15.3. The van der Waals surface area contributed by atoms with Crippen molar-refractivity contribution in [2.75, 3.05) is 32.7 Å². The van der Waals surface area contributed by atoms with Gasteiger partial charge < -0.3 is 19.2 Å². The highest BCUT2D eigenvalue weighted by molar-refractivity contribution is 9.09. The van der Waals surface area contributed by atoms with Gasteiger partial charge in [0.05, 0.1) is 30.1 Å². The van der Waals surface area contributed by atoms with Crippen LogP contribution in [0.5, 0.6) is 5.75 Å². The highest BCUT2D eigenvalue weighted by Crippen LogP contribution is 2.38.